The number of hydrogen-bond acceptors (Lipinski definition) is 4. The summed E-state index contributed by atoms with van der Waals surface area (Å²) in [7, 11) is -0.898. The average Bonchev–Trinajstić information content (AvgIpc) is 2.98. The number of benzene rings is 1. The van der Waals surface area contributed by atoms with Crippen molar-refractivity contribution in [1.82, 2.24) is 4.31 Å². The molecule has 0 aliphatic heterocycles. The SMILES string of the molecule is CC(C)c1ccc(NC(=O)c2ccc(S(=O)(=O)N(C)C)o2)cc1. The molecule has 0 aliphatic carbocycles. The Morgan fingerprint density at radius 2 is 1.70 bits per heavy atom. The Kier molecular flexibility index (Phi) is 4.91. The molecule has 23 heavy (non-hydrogen) atoms. The number of carbonyl (C=O) groups is 1. The molecule has 0 saturated heterocycles. The fourth-order valence-corrected chi connectivity index (χ4v) is 2.70. The fraction of sp³-hybridized carbons (Fsp3) is 0.312. The van der Waals surface area contributed by atoms with Crippen LogP contribution in [-0.2, 0) is 10.0 Å². The third-order valence-electron chi connectivity index (χ3n) is 3.38. The van der Waals surface area contributed by atoms with E-state index in [4.69, 9.17) is 4.42 Å². The molecule has 1 amide bonds. The summed E-state index contributed by atoms with van der Waals surface area (Å²) in [5, 5.41) is 2.42. The second-order valence-electron chi connectivity index (χ2n) is 5.64. The van der Waals surface area contributed by atoms with E-state index in [1.54, 1.807) is 12.1 Å². The Morgan fingerprint density at radius 1 is 1.09 bits per heavy atom. The van der Waals surface area contributed by atoms with Crippen LogP contribution in [0.3, 0.4) is 0 Å². The van der Waals surface area contributed by atoms with E-state index in [9.17, 15) is 13.2 Å². The minimum Gasteiger partial charge on any atom is -0.438 e. The Bertz CT molecular complexity index is 790. The van der Waals surface area contributed by atoms with E-state index in [-0.39, 0.29) is 10.9 Å². The van der Waals surface area contributed by atoms with Crippen LogP contribution in [0.2, 0.25) is 0 Å². The maximum atomic E-state index is 12.1. The van der Waals surface area contributed by atoms with Gasteiger partial charge in [-0.1, -0.05) is 26.0 Å². The van der Waals surface area contributed by atoms with E-state index >= 15 is 0 Å². The maximum absolute atomic E-state index is 12.1. The number of amides is 1. The van der Waals surface area contributed by atoms with Crippen molar-refractivity contribution in [3.05, 3.63) is 47.7 Å². The van der Waals surface area contributed by atoms with Crippen molar-refractivity contribution in [3.63, 3.8) is 0 Å². The number of anilines is 1. The number of sulfonamides is 1. The lowest BCUT2D eigenvalue weighted by atomic mass is 10.0. The van der Waals surface area contributed by atoms with Crippen LogP contribution in [0.15, 0.2) is 45.9 Å². The van der Waals surface area contributed by atoms with Gasteiger partial charge in [0.15, 0.2) is 5.76 Å². The summed E-state index contributed by atoms with van der Waals surface area (Å²) in [5.74, 6) is -0.149. The Balaban J connectivity index is 2.14. The first-order chi connectivity index (χ1) is 10.7. The van der Waals surface area contributed by atoms with Crippen molar-refractivity contribution in [2.45, 2.75) is 24.9 Å². The molecule has 2 rings (SSSR count). The second kappa shape index (κ2) is 6.55. The first-order valence-electron chi connectivity index (χ1n) is 7.15. The zero-order valence-corrected chi connectivity index (χ0v) is 14.3. The van der Waals surface area contributed by atoms with E-state index < -0.39 is 15.9 Å². The Labute approximate surface area is 136 Å². The van der Waals surface area contributed by atoms with Gasteiger partial charge in [0.05, 0.1) is 0 Å². The second-order valence-corrected chi connectivity index (χ2v) is 7.72. The topological polar surface area (TPSA) is 79.6 Å². The molecule has 0 unspecified atom stereocenters. The van der Waals surface area contributed by atoms with Crippen LogP contribution in [0.5, 0.6) is 0 Å². The highest BCUT2D eigenvalue weighted by atomic mass is 32.2. The van der Waals surface area contributed by atoms with Gasteiger partial charge in [0.2, 0.25) is 5.09 Å². The van der Waals surface area contributed by atoms with E-state index in [0.29, 0.717) is 11.6 Å². The quantitative estimate of drug-likeness (QED) is 0.910. The van der Waals surface area contributed by atoms with Gasteiger partial charge < -0.3 is 9.73 Å². The molecule has 0 spiro atoms. The Hall–Kier alpha value is -2.12. The molecule has 1 aromatic heterocycles. The molecule has 0 bridgehead atoms. The van der Waals surface area contributed by atoms with Crippen molar-refractivity contribution in [1.29, 1.82) is 0 Å². The average molecular weight is 336 g/mol. The molecule has 1 N–H and O–H groups in total. The molecule has 0 fully saturated rings. The number of rotatable bonds is 5. The van der Waals surface area contributed by atoms with E-state index in [1.807, 2.05) is 12.1 Å². The van der Waals surface area contributed by atoms with Gasteiger partial charge >= 0.3 is 0 Å². The number of carbonyl (C=O) groups excluding carboxylic acids is 1. The monoisotopic (exact) mass is 336 g/mol. The molecule has 7 heteroatoms. The number of nitrogens with zero attached hydrogens (tertiary/aromatic N) is 1. The molecule has 1 heterocycles. The van der Waals surface area contributed by atoms with Crippen LogP contribution in [0.25, 0.3) is 0 Å². The first kappa shape index (κ1) is 17.2. The number of furan rings is 1. The van der Waals surface area contributed by atoms with Gasteiger partial charge in [-0.15, -0.1) is 0 Å². The summed E-state index contributed by atoms with van der Waals surface area (Å²) >= 11 is 0. The summed E-state index contributed by atoms with van der Waals surface area (Å²) in [5.41, 5.74) is 1.79. The van der Waals surface area contributed by atoms with Gasteiger partial charge in [0.25, 0.3) is 15.9 Å². The predicted molar refractivity (Wildman–Crippen MR) is 88.1 cm³/mol. The molecule has 6 nitrogen and oxygen atoms in total. The van der Waals surface area contributed by atoms with Gasteiger partial charge in [-0.25, -0.2) is 12.7 Å². The largest absolute Gasteiger partial charge is 0.438 e. The summed E-state index contributed by atoms with van der Waals surface area (Å²) in [4.78, 5) is 12.1. The van der Waals surface area contributed by atoms with Crippen molar-refractivity contribution >= 4 is 21.6 Å². The summed E-state index contributed by atoms with van der Waals surface area (Å²) < 4.78 is 30.0. The lowest BCUT2D eigenvalue weighted by molar-refractivity contribution is 0.0991. The highest BCUT2D eigenvalue weighted by Crippen LogP contribution is 2.20. The molecule has 0 saturated carbocycles. The van der Waals surface area contributed by atoms with Gasteiger partial charge in [-0.05, 0) is 35.7 Å². The van der Waals surface area contributed by atoms with E-state index in [0.717, 1.165) is 4.31 Å². The van der Waals surface area contributed by atoms with Crippen LogP contribution in [0.4, 0.5) is 5.69 Å². The fourth-order valence-electron chi connectivity index (χ4n) is 1.90. The van der Waals surface area contributed by atoms with Crippen LogP contribution in [0.1, 0.15) is 35.9 Å². The molecule has 0 atom stereocenters. The highest BCUT2D eigenvalue weighted by Gasteiger charge is 2.23. The lowest BCUT2D eigenvalue weighted by Gasteiger charge is -2.08. The van der Waals surface area contributed by atoms with Gasteiger partial charge in [0.1, 0.15) is 0 Å². The minimum absolute atomic E-state index is 0.0571. The molecule has 124 valence electrons. The first-order valence-corrected chi connectivity index (χ1v) is 8.59. The maximum Gasteiger partial charge on any atom is 0.291 e. The Morgan fingerprint density at radius 3 is 2.22 bits per heavy atom. The third kappa shape index (κ3) is 3.80. The minimum atomic E-state index is -3.69. The van der Waals surface area contributed by atoms with E-state index in [2.05, 4.69) is 19.2 Å². The van der Waals surface area contributed by atoms with Crippen LogP contribution < -0.4 is 5.32 Å². The molecule has 0 aliphatic rings. The zero-order valence-electron chi connectivity index (χ0n) is 13.5. The predicted octanol–water partition coefficient (Wildman–Crippen LogP) is 2.91. The molecule has 0 radical (unpaired) electrons. The van der Waals surface area contributed by atoms with Crippen LogP contribution in [0, 0.1) is 0 Å². The summed E-state index contributed by atoms with van der Waals surface area (Å²) in [6, 6.07) is 10.1. The molecular formula is C16H20N2O4S. The van der Waals surface area contributed by atoms with Crippen molar-refractivity contribution in [2.24, 2.45) is 0 Å². The standard InChI is InChI=1S/C16H20N2O4S/c1-11(2)12-5-7-13(8-6-12)17-16(19)14-9-10-15(22-14)23(20,21)18(3)4/h5-11H,1-4H3,(H,17,19). The van der Waals surface area contributed by atoms with Crippen molar-refractivity contribution < 1.29 is 17.6 Å². The van der Waals surface area contributed by atoms with Crippen LogP contribution >= 0.6 is 0 Å². The van der Waals surface area contributed by atoms with Gasteiger partial charge in [-0.3, -0.25) is 4.79 Å². The zero-order chi connectivity index (χ0) is 17.2. The molecule has 1 aromatic carbocycles. The lowest BCUT2D eigenvalue weighted by Crippen LogP contribution is -2.21. The normalized spacial score (nSPS) is 11.9. The molecule has 2 aromatic rings. The van der Waals surface area contributed by atoms with Crippen molar-refractivity contribution in [2.75, 3.05) is 19.4 Å². The highest BCUT2D eigenvalue weighted by molar-refractivity contribution is 7.88. The summed E-state index contributed by atoms with van der Waals surface area (Å²) in [6.45, 7) is 4.17. The third-order valence-corrected chi connectivity index (χ3v) is 5.06. The van der Waals surface area contributed by atoms with Crippen molar-refractivity contribution in [3.8, 4) is 0 Å². The van der Waals surface area contributed by atoms with Crippen LogP contribution in [-0.4, -0.2) is 32.7 Å². The smallest absolute Gasteiger partial charge is 0.291 e. The number of hydrogen-bond donors (Lipinski definition) is 1. The van der Waals surface area contributed by atoms with E-state index in [1.165, 1.54) is 31.8 Å². The summed E-state index contributed by atoms with van der Waals surface area (Å²) in [6.07, 6.45) is 0. The van der Waals surface area contributed by atoms with Gasteiger partial charge in [-0.2, -0.15) is 0 Å². The van der Waals surface area contributed by atoms with Gasteiger partial charge in [0, 0.05) is 19.8 Å². The molecular weight excluding hydrogens is 316 g/mol. The number of nitrogens with one attached hydrogen (secondary N) is 1.